The van der Waals surface area contributed by atoms with Crippen LogP contribution in [0.25, 0.3) is 0 Å². The highest BCUT2D eigenvalue weighted by Crippen LogP contribution is 2.72. The maximum atomic E-state index is 2.45. The zero-order chi connectivity index (χ0) is 50.5. The Kier molecular flexibility index (Phi) is 20.6. The van der Waals surface area contributed by atoms with Crippen LogP contribution < -0.4 is 0 Å². The first kappa shape index (κ1) is 54.3. The van der Waals surface area contributed by atoms with Gasteiger partial charge in [0.15, 0.2) is 0 Å². The van der Waals surface area contributed by atoms with Crippen molar-refractivity contribution in [3.8, 4) is 0 Å². The SMILES string of the molecule is c1ccc(C[P+]2(Cc3ccccc3)CCCC[P+](Cc3ccccc3)(Cc3ccccc3)CCC[P+](Cc3ccccc3)(Cc3ccccc3)CCCC[P+](Cc3ccccc3)(Cc3ccccc3)CCC2)cc1. The Morgan fingerprint density at radius 1 is 0.162 bits per heavy atom. The second kappa shape index (κ2) is 28.0. The largest absolute Gasteiger partial charge is 0.0846 e. The van der Waals surface area contributed by atoms with Crippen molar-refractivity contribution in [3.05, 3.63) is 287 Å². The lowest BCUT2D eigenvalue weighted by atomic mass is 10.2. The van der Waals surface area contributed by atoms with Gasteiger partial charge in [0.25, 0.3) is 0 Å². The molecule has 1 heterocycles. The van der Waals surface area contributed by atoms with Crippen LogP contribution in [0, 0.1) is 0 Å². The molecule has 0 radical (unpaired) electrons. The quantitative estimate of drug-likeness (QED) is 0.0846. The Balaban J connectivity index is 1.13. The van der Waals surface area contributed by atoms with Crippen molar-refractivity contribution < 1.29 is 0 Å². The minimum absolute atomic E-state index is 1.26. The van der Waals surface area contributed by atoms with Crippen LogP contribution in [-0.4, -0.2) is 49.3 Å². The van der Waals surface area contributed by atoms with Gasteiger partial charge < -0.3 is 0 Å². The van der Waals surface area contributed by atoms with Crippen LogP contribution in [-0.2, 0) is 49.3 Å². The second-order valence-electron chi connectivity index (χ2n) is 22.4. The lowest BCUT2D eigenvalue weighted by Crippen LogP contribution is -2.18. The second-order valence-corrected chi connectivity index (χ2v) is 39.3. The lowest BCUT2D eigenvalue weighted by Gasteiger charge is -2.34. The third-order valence-corrected chi connectivity index (χ3v) is 34.9. The van der Waals surface area contributed by atoms with Gasteiger partial charge in [0.05, 0.1) is 98.6 Å². The van der Waals surface area contributed by atoms with E-state index in [4.69, 9.17) is 0 Å². The summed E-state index contributed by atoms with van der Waals surface area (Å²) in [5, 5.41) is 0. The van der Waals surface area contributed by atoms with E-state index in [1.54, 1.807) is 44.5 Å². The van der Waals surface area contributed by atoms with Gasteiger partial charge in [-0.25, -0.2) is 0 Å². The van der Waals surface area contributed by atoms with Crippen molar-refractivity contribution >= 4 is 29.0 Å². The van der Waals surface area contributed by atoms with E-state index in [1.165, 1.54) is 137 Å². The molecule has 8 aromatic rings. The smallest absolute Gasteiger partial charge is 0.0622 e. The fourth-order valence-corrected chi connectivity index (χ4v) is 32.1. The van der Waals surface area contributed by atoms with Crippen molar-refractivity contribution in [1.82, 2.24) is 0 Å². The molecular weight excluding hydrogens is 965 g/mol. The maximum absolute atomic E-state index is 2.45. The van der Waals surface area contributed by atoms with Crippen LogP contribution in [0.15, 0.2) is 243 Å². The normalized spacial score (nSPS) is 17.3. The van der Waals surface area contributed by atoms with E-state index in [9.17, 15) is 0 Å². The molecule has 74 heavy (non-hydrogen) atoms. The summed E-state index contributed by atoms with van der Waals surface area (Å²) in [6, 6.07) is 93.8. The van der Waals surface area contributed by atoms with E-state index in [1.807, 2.05) is 0 Å². The van der Waals surface area contributed by atoms with Crippen LogP contribution in [0.5, 0.6) is 0 Å². The topological polar surface area (TPSA) is 0 Å². The van der Waals surface area contributed by atoms with Crippen LogP contribution in [0.1, 0.15) is 83.0 Å². The van der Waals surface area contributed by atoms with E-state index in [2.05, 4.69) is 243 Å². The number of rotatable bonds is 16. The van der Waals surface area contributed by atoms with Crippen molar-refractivity contribution in [1.29, 1.82) is 0 Å². The molecule has 0 bridgehead atoms. The molecule has 0 unspecified atom stereocenters. The molecule has 4 heteroatoms. The van der Waals surface area contributed by atoms with Gasteiger partial charge in [-0.15, -0.1) is 0 Å². The first-order chi connectivity index (χ1) is 36.5. The molecule has 0 spiro atoms. The van der Waals surface area contributed by atoms with E-state index >= 15 is 0 Å². The first-order valence-electron chi connectivity index (χ1n) is 28.2. The Morgan fingerprint density at radius 2 is 0.284 bits per heavy atom. The monoisotopic (exact) mass is 1050 g/mol. The number of benzene rings is 8. The Hall–Kier alpha value is -4.52. The molecule has 0 atom stereocenters. The number of hydrogen-bond donors (Lipinski definition) is 0. The predicted octanol–water partition coefficient (Wildman–Crippen LogP) is 20.0. The summed E-state index contributed by atoms with van der Waals surface area (Å²) in [4.78, 5) is 0. The zero-order valence-electron chi connectivity index (χ0n) is 44.4. The van der Waals surface area contributed by atoms with Gasteiger partial charge in [-0.05, 0) is 70.2 Å². The van der Waals surface area contributed by atoms with Gasteiger partial charge in [0, 0.05) is 41.9 Å². The summed E-state index contributed by atoms with van der Waals surface area (Å²) in [6.45, 7) is 0. The maximum Gasteiger partial charge on any atom is 0.0846 e. The molecule has 1 aliphatic rings. The average Bonchev–Trinajstić information content (AvgIpc) is 3.43. The van der Waals surface area contributed by atoms with Crippen molar-refractivity contribution in [2.45, 2.75) is 87.8 Å². The van der Waals surface area contributed by atoms with Crippen LogP contribution in [0.3, 0.4) is 0 Å². The molecule has 380 valence electrons. The van der Waals surface area contributed by atoms with Gasteiger partial charge in [-0.3, -0.25) is 0 Å². The highest BCUT2D eigenvalue weighted by molar-refractivity contribution is 7.76. The van der Waals surface area contributed by atoms with Gasteiger partial charge in [-0.1, -0.05) is 243 Å². The minimum Gasteiger partial charge on any atom is -0.0622 e. The molecule has 0 nitrogen and oxygen atoms in total. The van der Waals surface area contributed by atoms with E-state index < -0.39 is 29.0 Å². The summed E-state index contributed by atoms with van der Waals surface area (Å²) < 4.78 is 0. The third kappa shape index (κ3) is 16.7. The first-order valence-corrected chi connectivity index (χ1v) is 38.3. The molecule has 0 N–H and O–H groups in total. The van der Waals surface area contributed by atoms with E-state index in [-0.39, 0.29) is 0 Å². The van der Waals surface area contributed by atoms with Crippen LogP contribution >= 0.6 is 29.0 Å². The molecule has 1 saturated heterocycles. The Morgan fingerprint density at radius 3 is 0.419 bits per heavy atom. The summed E-state index contributed by atoms with van der Waals surface area (Å²) in [7, 11) is -5.97. The van der Waals surface area contributed by atoms with E-state index in [0.717, 1.165) is 0 Å². The van der Waals surface area contributed by atoms with Crippen LogP contribution in [0.4, 0.5) is 0 Å². The highest BCUT2D eigenvalue weighted by atomic mass is 31.2. The Labute approximate surface area is 450 Å². The minimum atomic E-state index is -1.49. The summed E-state index contributed by atoms with van der Waals surface area (Å²) in [5.74, 6) is 0. The van der Waals surface area contributed by atoms with Crippen LogP contribution in [0.2, 0.25) is 0 Å². The molecule has 0 saturated carbocycles. The average molecular weight is 1050 g/mol. The molecule has 1 aliphatic heterocycles. The van der Waals surface area contributed by atoms with Gasteiger partial charge in [0.1, 0.15) is 0 Å². The fourth-order valence-electron chi connectivity index (χ4n) is 13.0. The molecule has 1 fully saturated rings. The van der Waals surface area contributed by atoms with Gasteiger partial charge in [-0.2, -0.15) is 0 Å². The molecular formula is C70H84P4+4. The number of hydrogen-bond acceptors (Lipinski definition) is 0. The summed E-state index contributed by atoms with van der Waals surface area (Å²) in [5.41, 5.74) is 12.5. The standard InChI is InChI=1S/C70H84P4/c1-9-31-63(32-10-1)55-71(56-64-33-11-2-12-34-64)47-25-26-48-73(59-67-39-17-5-18-40-67,60-68-41-19-6-20-42-68)53-30-54-74(61-69-43-21-7-22-44-69,62-70-45-23-8-24-46-70)50-28-27-49-72(52-29-51-71,57-65-35-13-3-14-36-65)58-66-37-15-4-16-38-66/h1-24,31-46H,25-30,47-62H2/q+4. The van der Waals surface area contributed by atoms with Crippen molar-refractivity contribution in [2.75, 3.05) is 49.3 Å². The van der Waals surface area contributed by atoms with Crippen molar-refractivity contribution in [2.24, 2.45) is 0 Å². The Bertz CT molecular complexity index is 2210. The molecule has 0 aliphatic carbocycles. The van der Waals surface area contributed by atoms with E-state index in [0.29, 0.717) is 0 Å². The summed E-state index contributed by atoms with van der Waals surface area (Å²) in [6.07, 6.45) is 29.2. The lowest BCUT2D eigenvalue weighted by molar-refractivity contribution is 0.857. The predicted molar refractivity (Wildman–Crippen MR) is 335 cm³/mol. The fraction of sp³-hybridized carbons (Fsp3) is 0.314. The molecule has 0 aromatic heterocycles. The zero-order valence-corrected chi connectivity index (χ0v) is 48.0. The van der Waals surface area contributed by atoms with Crippen molar-refractivity contribution in [3.63, 3.8) is 0 Å². The van der Waals surface area contributed by atoms with Gasteiger partial charge >= 0.3 is 0 Å². The molecule has 8 aromatic carbocycles. The highest BCUT2D eigenvalue weighted by Gasteiger charge is 2.45. The molecule has 9 rings (SSSR count). The molecule has 0 amide bonds. The summed E-state index contributed by atoms with van der Waals surface area (Å²) >= 11 is 0. The third-order valence-electron chi connectivity index (χ3n) is 16.4. The van der Waals surface area contributed by atoms with Gasteiger partial charge in [0.2, 0.25) is 0 Å².